The lowest BCUT2D eigenvalue weighted by Gasteiger charge is -2.36. The van der Waals surface area contributed by atoms with E-state index in [1.807, 2.05) is 14.0 Å². The second kappa shape index (κ2) is 5.58. The summed E-state index contributed by atoms with van der Waals surface area (Å²) in [6.07, 6.45) is 0. The summed E-state index contributed by atoms with van der Waals surface area (Å²) in [7, 11) is -1.79. The van der Waals surface area contributed by atoms with Crippen molar-refractivity contribution in [2.75, 3.05) is 32.4 Å². The number of rotatable bonds is 3. The highest BCUT2D eigenvalue weighted by atomic mass is 32.2. The summed E-state index contributed by atoms with van der Waals surface area (Å²) in [4.78, 5) is 12.1. The summed E-state index contributed by atoms with van der Waals surface area (Å²) in [5.41, 5.74) is 5.37. The molecule has 1 fully saturated rings. The molecular formula is C12H18N4O4S. The monoisotopic (exact) mass is 314 g/mol. The van der Waals surface area contributed by atoms with Crippen LogP contribution in [0.2, 0.25) is 0 Å². The molecule has 116 valence electrons. The Hall–Kier alpha value is -1.71. The zero-order valence-electron chi connectivity index (χ0n) is 11.9. The molecule has 0 aliphatic carbocycles. The van der Waals surface area contributed by atoms with Crippen LogP contribution < -0.4 is 5.73 Å². The number of piperazine rings is 1. The van der Waals surface area contributed by atoms with E-state index in [1.165, 1.54) is 10.4 Å². The molecule has 0 spiro atoms. The SMILES string of the molecule is CC1CN(S(=O)(=O)c2ccc([N+](=O)[O-])cc2N)CCN1C. The molecule has 1 atom stereocenters. The van der Waals surface area contributed by atoms with E-state index in [-0.39, 0.29) is 22.3 Å². The molecule has 1 aromatic carbocycles. The lowest BCUT2D eigenvalue weighted by Crippen LogP contribution is -2.51. The van der Waals surface area contributed by atoms with Gasteiger partial charge in [0, 0.05) is 37.8 Å². The summed E-state index contributed by atoms with van der Waals surface area (Å²) in [6.45, 7) is 3.32. The van der Waals surface area contributed by atoms with Gasteiger partial charge in [0.05, 0.1) is 10.6 Å². The number of hydrogen-bond acceptors (Lipinski definition) is 6. The molecular weight excluding hydrogens is 296 g/mol. The molecule has 2 rings (SSSR count). The number of hydrogen-bond donors (Lipinski definition) is 1. The molecule has 2 N–H and O–H groups in total. The van der Waals surface area contributed by atoms with E-state index in [9.17, 15) is 18.5 Å². The van der Waals surface area contributed by atoms with Crippen LogP contribution in [0, 0.1) is 10.1 Å². The zero-order chi connectivity index (χ0) is 15.8. The van der Waals surface area contributed by atoms with Crippen molar-refractivity contribution >= 4 is 21.4 Å². The number of nitro benzene ring substituents is 1. The van der Waals surface area contributed by atoms with E-state index in [0.717, 1.165) is 12.1 Å². The van der Waals surface area contributed by atoms with Gasteiger partial charge in [-0.2, -0.15) is 4.31 Å². The van der Waals surface area contributed by atoms with E-state index in [2.05, 4.69) is 4.90 Å². The smallest absolute Gasteiger partial charge is 0.271 e. The van der Waals surface area contributed by atoms with Crippen molar-refractivity contribution in [3.63, 3.8) is 0 Å². The summed E-state index contributed by atoms with van der Waals surface area (Å²) in [5.74, 6) is 0. The fourth-order valence-electron chi connectivity index (χ4n) is 2.26. The number of anilines is 1. The molecule has 1 aliphatic rings. The molecule has 1 aromatic rings. The Bertz CT molecular complexity index is 661. The van der Waals surface area contributed by atoms with Gasteiger partial charge < -0.3 is 10.6 Å². The number of benzene rings is 1. The highest BCUT2D eigenvalue weighted by molar-refractivity contribution is 7.89. The van der Waals surface area contributed by atoms with Crippen LogP contribution in [0.25, 0.3) is 0 Å². The molecule has 0 saturated carbocycles. The van der Waals surface area contributed by atoms with Gasteiger partial charge in [-0.05, 0) is 20.0 Å². The number of nitrogens with zero attached hydrogens (tertiary/aromatic N) is 3. The van der Waals surface area contributed by atoms with Crippen LogP contribution in [0.15, 0.2) is 23.1 Å². The van der Waals surface area contributed by atoms with Gasteiger partial charge in [-0.3, -0.25) is 10.1 Å². The predicted molar refractivity (Wildman–Crippen MR) is 78.4 cm³/mol. The number of likely N-dealkylation sites (N-methyl/N-ethyl adjacent to an activating group) is 1. The second-order valence-corrected chi connectivity index (χ2v) is 7.08. The van der Waals surface area contributed by atoms with E-state index in [1.54, 1.807) is 0 Å². The predicted octanol–water partition coefficient (Wildman–Crippen LogP) is 0.502. The van der Waals surface area contributed by atoms with Gasteiger partial charge in [0.1, 0.15) is 4.90 Å². The average Bonchev–Trinajstić information content (AvgIpc) is 2.41. The molecule has 9 heteroatoms. The molecule has 0 radical (unpaired) electrons. The maximum atomic E-state index is 12.6. The highest BCUT2D eigenvalue weighted by Crippen LogP contribution is 2.27. The van der Waals surface area contributed by atoms with Crippen LogP contribution in [0.1, 0.15) is 6.92 Å². The van der Waals surface area contributed by atoms with Crippen LogP contribution in [0.5, 0.6) is 0 Å². The summed E-state index contributed by atoms with van der Waals surface area (Å²) >= 11 is 0. The Morgan fingerprint density at radius 2 is 2.05 bits per heavy atom. The third kappa shape index (κ3) is 2.99. The fraction of sp³-hybridized carbons (Fsp3) is 0.500. The average molecular weight is 314 g/mol. The van der Waals surface area contributed by atoms with Crippen molar-refractivity contribution in [1.29, 1.82) is 0 Å². The maximum Gasteiger partial charge on any atom is 0.271 e. The summed E-state index contributed by atoms with van der Waals surface area (Å²) < 4.78 is 26.6. The van der Waals surface area contributed by atoms with Gasteiger partial charge in [-0.25, -0.2) is 8.42 Å². The van der Waals surface area contributed by atoms with E-state index < -0.39 is 14.9 Å². The number of nitrogens with two attached hydrogens (primary N) is 1. The van der Waals surface area contributed by atoms with E-state index >= 15 is 0 Å². The molecule has 1 heterocycles. The van der Waals surface area contributed by atoms with Crippen molar-refractivity contribution in [3.05, 3.63) is 28.3 Å². The zero-order valence-corrected chi connectivity index (χ0v) is 12.7. The largest absolute Gasteiger partial charge is 0.397 e. The van der Waals surface area contributed by atoms with Crippen LogP contribution in [0.4, 0.5) is 11.4 Å². The lowest BCUT2D eigenvalue weighted by molar-refractivity contribution is -0.384. The number of non-ortho nitro benzene ring substituents is 1. The first-order chi connectivity index (χ1) is 9.73. The summed E-state index contributed by atoms with van der Waals surface area (Å²) in [5, 5.41) is 10.7. The Labute approximate surface area is 123 Å². The topological polar surface area (TPSA) is 110 Å². The Morgan fingerprint density at radius 1 is 1.38 bits per heavy atom. The first kappa shape index (κ1) is 15.7. The molecule has 0 bridgehead atoms. The normalized spacial score (nSPS) is 21.3. The van der Waals surface area contributed by atoms with Crippen LogP contribution in [-0.2, 0) is 10.0 Å². The van der Waals surface area contributed by atoms with Crippen LogP contribution in [-0.4, -0.2) is 55.3 Å². The van der Waals surface area contributed by atoms with Crippen molar-refractivity contribution in [2.45, 2.75) is 17.9 Å². The number of nitro groups is 1. The molecule has 21 heavy (non-hydrogen) atoms. The minimum atomic E-state index is -3.73. The van der Waals surface area contributed by atoms with Gasteiger partial charge in [0.25, 0.3) is 5.69 Å². The quantitative estimate of drug-likeness (QED) is 0.494. The van der Waals surface area contributed by atoms with Crippen molar-refractivity contribution in [1.82, 2.24) is 9.21 Å². The molecule has 8 nitrogen and oxygen atoms in total. The molecule has 0 amide bonds. The lowest BCUT2D eigenvalue weighted by atomic mass is 10.2. The first-order valence-corrected chi connectivity index (χ1v) is 7.92. The van der Waals surface area contributed by atoms with Crippen LogP contribution in [0.3, 0.4) is 0 Å². The highest BCUT2D eigenvalue weighted by Gasteiger charge is 2.32. The van der Waals surface area contributed by atoms with Gasteiger partial charge in [0.15, 0.2) is 0 Å². The molecule has 1 saturated heterocycles. The van der Waals surface area contributed by atoms with Gasteiger partial charge >= 0.3 is 0 Å². The molecule has 1 unspecified atom stereocenters. The molecule has 1 aliphatic heterocycles. The third-order valence-corrected chi connectivity index (χ3v) is 5.68. The third-order valence-electron chi connectivity index (χ3n) is 3.74. The fourth-order valence-corrected chi connectivity index (χ4v) is 3.87. The van der Waals surface area contributed by atoms with Crippen molar-refractivity contribution in [3.8, 4) is 0 Å². The van der Waals surface area contributed by atoms with Crippen molar-refractivity contribution in [2.24, 2.45) is 0 Å². The minimum absolute atomic E-state index is 0.0788. The Balaban J connectivity index is 2.34. The maximum absolute atomic E-state index is 12.6. The van der Waals surface area contributed by atoms with Crippen LogP contribution >= 0.6 is 0 Å². The Kier molecular flexibility index (Phi) is 4.17. The van der Waals surface area contributed by atoms with E-state index in [4.69, 9.17) is 5.73 Å². The van der Waals surface area contributed by atoms with Gasteiger partial charge in [0.2, 0.25) is 10.0 Å². The first-order valence-electron chi connectivity index (χ1n) is 6.48. The number of nitrogen functional groups attached to an aromatic ring is 1. The molecule has 0 aromatic heterocycles. The summed E-state index contributed by atoms with van der Waals surface area (Å²) in [6, 6.07) is 3.54. The Morgan fingerprint density at radius 3 is 2.57 bits per heavy atom. The van der Waals surface area contributed by atoms with Gasteiger partial charge in [-0.1, -0.05) is 0 Å². The van der Waals surface area contributed by atoms with Crippen molar-refractivity contribution < 1.29 is 13.3 Å². The number of sulfonamides is 1. The standard InChI is InChI=1S/C12H18N4O4S/c1-9-8-15(6-5-14(9)2)21(19,20)12-4-3-10(16(17)18)7-11(12)13/h3-4,7,9H,5-6,8,13H2,1-2H3. The van der Waals surface area contributed by atoms with Gasteiger partial charge in [-0.15, -0.1) is 0 Å². The second-order valence-electron chi connectivity index (χ2n) is 5.17. The van der Waals surface area contributed by atoms with E-state index in [0.29, 0.717) is 19.6 Å². The minimum Gasteiger partial charge on any atom is -0.397 e.